The normalized spacial score (nSPS) is 20.5. The second-order valence-corrected chi connectivity index (χ2v) is 3.94. The largest absolute Gasteiger partial charge is 0.395 e. The number of nitrogens with one attached hydrogen (secondary N) is 1. The standard InChI is InChI=1S/C12H16N2O2/c1-9-12(16)14(6-7-15)11-5-3-2-4-10(11)8-13-9/h2-5,9,13,15H,6-8H2,1H3. The molecule has 2 N–H and O–H groups in total. The van der Waals surface area contributed by atoms with Crippen LogP contribution in [0.3, 0.4) is 0 Å². The molecule has 1 aliphatic heterocycles. The molecule has 1 aromatic rings. The number of benzene rings is 1. The Hall–Kier alpha value is -1.39. The number of para-hydroxylation sites is 1. The van der Waals surface area contributed by atoms with E-state index in [2.05, 4.69) is 5.32 Å². The van der Waals surface area contributed by atoms with Gasteiger partial charge in [-0.15, -0.1) is 0 Å². The molecule has 0 aromatic heterocycles. The summed E-state index contributed by atoms with van der Waals surface area (Å²) in [5.74, 6) is 0.0130. The lowest BCUT2D eigenvalue weighted by atomic mass is 10.1. The number of anilines is 1. The van der Waals surface area contributed by atoms with Crippen LogP contribution in [0.1, 0.15) is 12.5 Å². The second-order valence-electron chi connectivity index (χ2n) is 3.94. The summed E-state index contributed by atoms with van der Waals surface area (Å²) in [4.78, 5) is 13.7. The van der Waals surface area contributed by atoms with Gasteiger partial charge < -0.3 is 15.3 Å². The number of hydrogen-bond donors (Lipinski definition) is 2. The highest BCUT2D eigenvalue weighted by molar-refractivity contribution is 5.98. The Balaban J connectivity index is 2.41. The van der Waals surface area contributed by atoms with Crippen LogP contribution in [0.15, 0.2) is 24.3 Å². The predicted octanol–water partition coefficient (Wildman–Crippen LogP) is 0.504. The van der Waals surface area contributed by atoms with Gasteiger partial charge in [0, 0.05) is 18.8 Å². The Bertz CT molecular complexity index is 392. The molecule has 1 unspecified atom stereocenters. The van der Waals surface area contributed by atoms with E-state index in [9.17, 15) is 4.79 Å². The SMILES string of the molecule is CC1NCc2ccccc2N(CCO)C1=O. The van der Waals surface area contributed by atoms with Crippen molar-refractivity contribution in [3.63, 3.8) is 0 Å². The molecule has 16 heavy (non-hydrogen) atoms. The average molecular weight is 220 g/mol. The van der Waals surface area contributed by atoms with E-state index < -0.39 is 0 Å². The predicted molar refractivity (Wildman–Crippen MR) is 62.2 cm³/mol. The summed E-state index contributed by atoms with van der Waals surface area (Å²) in [5.41, 5.74) is 1.99. The zero-order valence-electron chi connectivity index (χ0n) is 9.31. The van der Waals surface area contributed by atoms with Crippen molar-refractivity contribution in [1.29, 1.82) is 0 Å². The third-order valence-corrected chi connectivity index (χ3v) is 2.84. The number of hydrogen-bond acceptors (Lipinski definition) is 3. The van der Waals surface area contributed by atoms with Crippen molar-refractivity contribution in [2.75, 3.05) is 18.1 Å². The van der Waals surface area contributed by atoms with Crippen LogP contribution in [-0.4, -0.2) is 30.2 Å². The lowest BCUT2D eigenvalue weighted by molar-refractivity contribution is -0.120. The van der Waals surface area contributed by atoms with Gasteiger partial charge in [0.2, 0.25) is 5.91 Å². The van der Waals surface area contributed by atoms with E-state index in [0.29, 0.717) is 13.1 Å². The first kappa shape index (κ1) is 11.1. The third kappa shape index (κ3) is 1.94. The van der Waals surface area contributed by atoms with E-state index >= 15 is 0 Å². The van der Waals surface area contributed by atoms with Crippen LogP contribution in [-0.2, 0) is 11.3 Å². The smallest absolute Gasteiger partial charge is 0.243 e. The molecule has 0 bridgehead atoms. The van der Waals surface area contributed by atoms with Crippen molar-refractivity contribution in [2.24, 2.45) is 0 Å². The van der Waals surface area contributed by atoms with E-state index in [1.807, 2.05) is 31.2 Å². The van der Waals surface area contributed by atoms with Crippen LogP contribution < -0.4 is 10.2 Å². The van der Waals surface area contributed by atoms with Crippen LogP contribution >= 0.6 is 0 Å². The van der Waals surface area contributed by atoms with E-state index in [1.165, 1.54) is 0 Å². The minimum absolute atomic E-state index is 0.0130. The lowest BCUT2D eigenvalue weighted by Crippen LogP contribution is -2.43. The van der Waals surface area contributed by atoms with E-state index in [1.54, 1.807) is 4.90 Å². The van der Waals surface area contributed by atoms with Gasteiger partial charge in [-0.05, 0) is 18.6 Å². The topological polar surface area (TPSA) is 52.6 Å². The molecule has 1 aromatic carbocycles. The van der Waals surface area contributed by atoms with Gasteiger partial charge in [-0.2, -0.15) is 0 Å². The number of carbonyl (C=O) groups is 1. The molecule has 1 aliphatic rings. The summed E-state index contributed by atoms with van der Waals surface area (Å²) in [7, 11) is 0. The first-order valence-corrected chi connectivity index (χ1v) is 5.47. The summed E-state index contributed by atoms with van der Waals surface area (Å²) >= 11 is 0. The monoisotopic (exact) mass is 220 g/mol. The maximum atomic E-state index is 12.1. The van der Waals surface area contributed by atoms with Gasteiger partial charge in [-0.3, -0.25) is 4.79 Å². The van der Waals surface area contributed by atoms with Gasteiger partial charge in [0.25, 0.3) is 0 Å². The van der Waals surface area contributed by atoms with E-state index in [4.69, 9.17) is 5.11 Å². The van der Waals surface area contributed by atoms with Crippen molar-refractivity contribution in [2.45, 2.75) is 19.5 Å². The summed E-state index contributed by atoms with van der Waals surface area (Å²) in [6.07, 6.45) is 0. The molecule has 4 heteroatoms. The summed E-state index contributed by atoms with van der Waals surface area (Å²) in [6, 6.07) is 7.57. The van der Waals surface area contributed by atoms with E-state index in [-0.39, 0.29) is 18.6 Å². The lowest BCUT2D eigenvalue weighted by Gasteiger charge is -2.23. The summed E-state index contributed by atoms with van der Waals surface area (Å²) < 4.78 is 0. The first-order chi connectivity index (χ1) is 7.74. The second kappa shape index (κ2) is 4.63. The Morgan fingerprint density at radius 3 is 3.00 bits per heavy atom. The number of β-amino-alcohol motifs (C(OH)–C–C–N with tert-alkyl or cyclic N) is 1. The quantitative estimate of drug-likeness (QED) is 0.763. The molecule has 0 saturated carbocycles. The first-order valence-electron chi connectivity index (χ1n) is 5.47. The van der Waals surface area contributed by atoms with Crippen molar-refractivity contribution in [3.05, 3.63) is 29.8 Å². The fourth-order valence-electron chi connectivity index (χ4n) is 1.96. The van der Waals surface area contributed by atoms with Crippen molar-refractivity contribution in [3.8, 4) is 0 Å². The molecular weight excluding hydrogens is 204 g/mol. The highest BCUT2D eigenvalue weighted by Crippen LogP contribution is 2.23. The average Bonchev–Trinajstić information content (AvgIpc) is 2.42. The van der Waals surface area contributed by atoms with Crippen LogP contribution in [0.2, 0.25) is 0 Å². The van der Waals surface area contributed by atoms with Crippen LogP contribution in [0.25, 0.3) is 0 Å². The Labute approximate surface area is 94.9 Å². The van der Waals surface area contributed by atoms with Crippen molar-refractivity contribution < 1.29 is 9.90 Å². The molecule has 0 aliphatic carbocycles. The summed E-state index contributed by atoms with van der Waals surface area (Å²) in [6.45, 7) is 2.86. The number of rotatable bonds is 2. The molecule has 0 radical (unpaired) electrons. The fourth-order valence-corrected chi connectivity index (χ4v) is 1.96. The Morgan fingerprint density at radius 1 is 1.50 bits per heavy atom. The number of fused-ring (bicyclic) bond motifs is 1. The maximum Gasteiger partial charge on any atom is 0.243 e. The van der Waals surface area contributed by atoms with Gasteiger partial charge >= 0.3 is 0 Å². The van der Waals surface area contributed by atoms with Crippen LogP contribution in [0, 0.1) is 0 Å². The van der Waals surface area contributed by atoms with Gasteiger partial charge in [0.1, 0.15) is 0 Å². The van der Waals surface area contributed by atoms with Gasteiger partial charge in [-0.25, -0.2) is 0 Å². The zero-order chi connectivity index (χ0) is 11.5. The number of aliphatic hydroxyl groups excluding tert-OH is 1. The Morgan fingerprint density at radius 2 is 2.25 bits per heavy atom. The molecular formula is C12H16N2O2. The van der Waals surface area contributed by atoms with Gasteiger partial charge in [0.15, 0.2) is 0 Å². The van der Waals surface area contributed by atoms with Gasteiger partial charge in [-0.1, -0.05) is 18.2 Å². The molecule has 4 nitrogen and oxygen atoms in total. The van der Waals surface area contributed by atoms with Crippen molar-refractivity contribution in [1.82, 2.24) is 5.32 Å². The van der Waals surface area contributed by atoms with Crippen molar-refractivity contribution >= 4 is 11.6 Å². The fraction of sp³-hybridized carbons (Fsp3) is 0.417. The van der Waals surface area contributed by atoms with Crippen LogP contribution in [0.4, 0.5) is 5.69 Å². The molecule has 0 saturated heterocycles. The zero-order valence-corrected chi connectivity index (χ0v) is 9.31. The third-order valence-electron chi connectivity index (χ3n) is 2.84. The molecule has 1 atom stereocenters. The Kier molecular flexibility index (Phi) is 3.22. The molecule has 0 spiro atoms. The minimum atomic E-state index is -0.209. The minimum Gasteiger partial charge on any atom is -0.395 e. The van der Waals surface area contributed by atoms with Gasteiger partial charge in [0.05, 0.1) is 12.6 Å². The maximum absolute atomic E-state index is 12.1. The number of amides is 1. The highest BCUT2D eigenvalue weighted by Gasteiger charge is 2.26. The summed E-state index contributed by atoms with van der Waals surface area (Å²) in [5, 5.41) is 12.2. The molecule has 2 rings (SSSR count). The molecule has 1 amide bonds. The van der Waals surface area contributed by atoms with E-state index in [0.717, 1.165) is 11.3 Å². The molecule has 86 valence electrons. The number of nitrogens with zero attached hydrogens (tertiary/aromatic N) is 1. The molecule has 0 fully saturated rings. The number of carbonyl (C=O) groups excluding carboxylic acids is 1. The number of aliphatic hydroxyl groups is 1. The van der Waals surface area contributed by atoms with Crippen LogP contribution in [0.5, 0.6) is 0 Å². The molecule has 1 heterocycles. The highest BCUT2D eigenvalue weighted by atomic mass is 16.3.